The fourth-order valence-electron chi connectivity index (χ4n) is 1.69. The molecule has 0 fully saturated rings. The summed E-state index contributed by atoms with van der Waals surface area (Å²) >= 11 is 0. The molecule has 0 aliphatic carbocycles. The fraction of sp³-hybridized carbons (Fsp3) is 0.200. The predicted octanol–water partition coefficient (Wildman–Crippen LogP) is 0.903. The van der Waals surface area contributed by atoms with Gasteiger partial charge in [0, 0.05) is 17.6 Å². The third-order valence-corrected chi connectivity index (χ3v) is 3.86. The number of hydrogen-bond acceptors (Lipinski definition) is 4. The van der Waals surface area contributed by atoms with E-state index in [4.69, 9.17) is 5.11 Å². The number of benzene rings is 1. The van der Waals surface area contributed by atoms with E-state index in [-0.39, 0.29) is 23.7 Å². The van der Waals surface area contributed by atoms with Crippen LogP contribution in [0.5, 0.6) is 5.75 Å². The van der Waals surface area contributed by atoms with Gasteiger partial charge in [-0.3, -0.25) is 0 Å². The first-order chi connectivity index (χ1) is 7.06. The van der Waals surface area contributed by atoms with Gasteiger partial charge in [-0.25, -0.2) is 8.42 Å². The largest absolute Gasteiger partial charge is 0.507 e. The summed E-state index contributed by atoms with van der Waals surface area (Å²) in [6.07, 6.45) is 0.226. The highest BCUT2D eigenvalue weighted by atomic mass is 32.2. The lowest BCUT2D eigenvalue weighted by atomic mass is 10.0. The van der Waals surface area contributed by atoms with E-state index in [0.717, 1.165) is 5.41 Å². The highest BCUT2D eigenvalue weighted by molar-refractivity contribution is 7.95. The van der Waals surface area contributed by atoms with Crippen LogP contribution in [0.2, 0.25) is 0 Å². The van der Waals surface area contributed by atoms with Crippen LogP contribution in [0.25, 0.3) is 5.57 Å². The summed E-state index contributed by atoms with van der Waals surface area (Å²) < 4.78 is 23.2. The van der Waals surface area contributed by atoms with Gasteiger partial charge in [-0.15, -0.1) is 0 Å². The second-order valence-corrected chi connectivity index (χ2v) is 5.08. The molecule has 0 unspecified atom stereocenters. The summed E-state index contributed by atoms with van der Waals surface area (Å²) in [6.45, 7) is -0.144. The van der Waals surface area contributed by atoms with Crippen molar-refractivity contribution in [2.75, 3.05) is 6.61 Å². The van der Waals surface area contributed by atoms with Crippen LogP contribution in [0.1, 0.15) is 12.0 Å². The summed E-state index contributed by atoms with van der Waals surface area (Å²) in [7, 11) is -3.43. The number of fused-ring (bicyclic) bond motifs is 1. The third kappa shape index (κ3) is 1.53. The molecule has 15 heavy (non-hydrogen) atoms. The molecule has 0 saturated carbocycles. The van der Waals surface area contributed by atoms with Crippen molar-refractivity contribution in [2.24, 2.45) is 0 Å². The van der Waals surface area contributed by atoms with Gasteiger partial charge in [0.2, 0.25) is 9.84 Å². The standard InChI is InChI=1S/C10H10O4S/c11-5-4-7-6-15(13,14)9-3-1-2-8(12)10(7)9/h1-3,6,11-12H,4-5H2. The molecule has 0 spiro atoms. The lowest BCUT2D eigenvalue weighted by molar-refractivity contribution is 0.305. The van der Waals surface area contributed by atoms with Crippen LogP contribution in [-0.4, -0.2) is 25.2 Å². The Morgan fingerprint density at radius 2 is 2.00 bits per heavy atom. The van der Waals surface area contributed by atoms with Crippen LogP contribution in [0.4, 0.5) is 0 Å². The summed E-state index contributed by atoms with van der Waals surface area (Å²) in [5, 5.41) is 19.5. The lowest BCUT2D eigenvalue weighted by Crippen LogP contribution is -1.93. The first-order valence-corrected chi connectivity index (χ1v) is 6.00. The zero-order chi connectivity index (χ0) is 11.1. The Hall–Kier alpha value is -1.33. The first kappa shape index (κ1) is 10.2. The quantitative estimate of drug-likeness (QED) is 0.785. The van der Waals surface area contributed by atoms with Crippen LogP contribution >= 0.6 is 0 Å². The molecule has 1 aromatic carbocycles. The molecule has 2 N–H and O–H groups in total. The van der Waals surface area contributed by atoms with Gasteiger partial charge in [-0.2, -0.15) is 0 Å². The van der Waals surface area contributed by atoms with E-state index >= 15 is 0 Å². The Bertz CT molecular complexity index is 528. The van der Waals surface area contributed by atoms with Crippen molar-refractivity contribution in [1.82, 2.24) is 0 Å². The molecule has 1 aliphatic rings. The van der Waals surface area contributed by atoms with Gasteiger partial charge < -0.3 is 10.2 Å². The minimum absolute atomic E-state index is 0.0618. The van der Waals surface area contributed by atoms with Crippen LogP contribution in [0.3, 0.4) is 0 Å². The highest BCUT2D eigenvalue weighted by Gasteiger charge is 2.28. The number of phenols is 1. The summed E-state index contributed by atoms with van der Waals surface area (Å²) in [4.78, 5) is 0.117. The minimum atomic E-state index is -3.43. The predicted molar refractivity (Wildman–Crippen MR) is 55.0 cm³/mol. The number of hydrogen-bond donors (Lipinski definition) is 2. The number of sulfone groups is 1. The Morgan fingerprint density at radius 3 is 2.67 bits per heavy atom. The minimum Gasteiger partial charge on any atom is -0.507 e. The van der Waals surface area contributed by atoms with Crippen molar-refractivity contribution >= 4 is 15.4 Å². The Morgan fingerprint density at radius 1 is 1.27 bits per heavy atom. The smallest absolute Gasteiger partial charge is 0.200 e. The van der Waals surface area contributed by atoms with Crippen LogP contribution in [0, 0.1) is 0 Å². The molecule has 0 atom stereocenters. The Kier molecular flexibility index (Phi) is 2.28. The Balaban J connectivity index is 2.69. The summed E-state index contributed by atoms with van der Waals surface area (Å²) in [5.41, 5.74) is 0.789. The second kappa shape index (κ2) is 3.36. The molecule has 0 bridgehead atoms. The number of aliphatic hydroxyl groups is 1. The van der Waals surface area contributed by atoms with E-state index < -0.39 is 9.84 Å². The molecule has 5 heteroatoms. The Labute approximate surface area is 87.4 Å². The van der Waals surface area contributed by atoms with Crippen LogP contribution in [0.15, 0.2) is 28.5 Å². The van der Waals surface area contributed by atoms with Crippen LogP contribution < -0.4 is 0 Å². The van der Waals surface area contributed by atoms with E-state index in [2.05, 4.69) is 0 Å². The van der Waals surface area contributed by atoms with Gasteiger partial charge in [-0.05, 0) is 24.1 Å². The SMILES string of the molecule is O=S1(=O)C=C(CCO)c2c(O)cccc21. The number of rotatable bonds is 2. The van der Waals surface area contributed by atoms with Crippen molar-refractivity contribution in [3.8, 4) is 5.75 Å². The molecule has 0 saturated heterocycles. The van der Waals surface area contributed by atoms with Gasteiger partial charge in [0.15, 0.2) is 0 Å². The molecule has 0 amide bonds. The monoisotopic (exact) mass is 226 g/mol. The molecule has 1 heterocycles. The van der Waals surface area contributed by atoms with Gasteiger partial charge in [0.05, 0.1) is 4.90 Å². The average molecular weight is 226 g/mol. The maximum absolute atomic E-state index is 11.6. The second-order valence-electron chi connectivity index (χ2n) is 3.31. The van der Waals surface area contributed by atoms with Gasteiger partial charge >= 0.3 is 0 Å². The third-order valence-electron chi connectivity index (χ3n) is 2.31. The van der Waals surface area contributed by atoms with Crippen LogP contribution in [-0.2, 0) is 9.84 Å². The molecular weight excluding hydrogens is 216 g/mol. The van der Waals surface area contributed by atoms with Gasteiger partial charge in [0.1, 0.15) is 5.75 Å². The summed E-state index contributed by atoms with van der Waals surface area (Å²) in [5.74, 6) is -0.0618. The number of aromatic hydroxyl groups is 1. The van der Waals surface area contributed by atoms with E-state index in [1.165, 1.54) is 18.2 Å². The average Bonchev–Trinajstić information content (AvgIpc) is 2.41. The van der Waals surface area contributed by atoms with Gasteiger partial charge in [-0.1, -0.05) is 6.07 Å². The first-order valence-electron chi connectivity index (χ1n) is 4.45. The van der Waals surface area contributed by atoms with E-state index in [1.807, 2.05) is 0 Å². The maximum atomic E-state index is 11.6. The van der Waals surface area contributed by atoms with E-state index in [1.54, 1.807) is 0 Å². The molecule has 80 valence electrons. The van der Waals surface area contributed by atoms with Gasteiger partial charge in [0.25, 0.3) is 0 Å². The fourth-order valence-corrected chi connectivity index (χ4v) is 3.22. The summed E-state index contributed by atoms with van der Waals surface area (Å²) in [6, 6.07) is 4.37. The zero-order valence-electron chi connectivity index (χ0n) is 7.84. The van der Waals surface area contributed by atoms with Crippen molar-refractivity contribution in [2.45, 2.75) is 11.3 Å². The topological polar surface area (TPSA) is 74.6 Å². The highest BCUT2D eigenvalue weighted by Crippen LogP contribution is 2.40. The molecule has 2 rings (SSSR count). The van der Waals surface area contributed by atoms with Crippen molar-refractivity contribution in [3.05, 3.63) is 29.2 Å². The molecule has 0 radical (unpaired) electrons. The van der Waals surface area contributed by atoms with E-state index in [9.17, 15) is 13.5 Å². The van der Waals surface area contributed by atoms with Crippen molar-refractivity contribution < 1.29 is 18.6 Å². The zero-order valence-corrected chi connectivity index (χ0v) is 8.66. The van der Waals surface area contributed by atoms with Crippen molar-refractivity contribution in [1.29, 1.82) is 0 Å². The molecule has 1 aromatic rings. The normalized spacial score (nSPS) is 17.3. The molecule has 0 aromatic heterocycles. The molecule has 1 aliphatic heterocycles. The van der Waals surface area contributed by atoms with Crippen molar-refractivity contribution in [3.63, 3.8) is 0 Å². The lowest BCUT2D eigenvalue weighted by Gasteiger charge is -2.04. The molecule has 4 nitrogen and oxygen atoms in total. The number of phenolic OH excluding ortho intramolecular Hbond substituents is 1. The van der Waals surface area contributed by atoms with E-state index in [0.29, 0.717) is 11.1 Å². The number of aliphatic hydroxyl groups excluding tert-OH is 1. The maximum Gasteiger partial charge on any atom is 0.200 e. The molecular formula is C10H10O4S.